The molecule has 4 nitrogen and oxygen atoms in total. The molecule has 5 heteroatoms. The zero-order chi connectivity index (χ0) is 14.7. The molecule has 2 rings (SSSR count). The van der Waals surface area contributed by atoms with Crippen LogP contribution in [0.2, 0.25) is 0 Å². The van der Waals surface area contributed by atoms with E-state index in [0.29, 0.717) is 17.6 Å². The standard InChI is InChI=1S/C15H23N3OS/c1-10-9-11(2)17-15(13(10)14(16)20)18(7-8-19)12-5-3-4-6-12/h9,12,19H,3-8H2,1-2H3,(H2,16,20). The maximum Gasteiger partial charge on any atom is 0.139 e. The summed E-state index contributed by atoms with van der Waals surface area (Å²) in [7, 11) is 0. The van der Waals surface area contributed by atoms with Crippen LogP contribution in [0.25, 0.3) is 0 Å². The molecule has 1 aliphatic rings. The van der Waals surface area contributed by atoms with Crippen LogP contribution in [0, 0.1) is 13.8 Å². The molecule has 3 N–H and O–H groups in total. The summed E-state index contributed by atoms with van der Waals surface area (Å²) >= 11 is 5.21. The van der Waals surface area contributed by atoms with E-state index in [-0.39, 0.29) is 6.61 Å². The molecular weight excluding hydrogens is 270 g/mol. The number of hydrogen-bond acceptors (Lipinski definition) is 4. The second-order valence-electron chi connectivity index (χ2n) is 5.50. The first kappa shape index (κ1) is 15.2. The van der Waals surface area contributed by atoms with Crippen LogP contribution >= 0.6 is 12.2 Å². The highest BCUT2D eigenvalue weighted by Gasteiger charge is 2.26. The lowest BCUT2D eigenvalue weighted by Crippen LogP contribution is -2.38. The number of aliphatic hydroxyl groups excluding tert-OH is 1. The maximum absolute atomic E-state index is 9.39. The first-order valence-electron chi connectivity index (χ1n) is 7.20. The monoisotopic (exact) mass is 293 g/mol. The van der Waals surface area contributed by atoms with E-state index in [0.717, 1.165) is 35.5 Å². The van der Waals surface area contributed by atoms with Gasteiger partial charge in [-0.1, -0.05) is 25.1 Å². The highest BCUT2D eigenvalue weighted by atomic mass is 32.1. The Kier molecular flexibility index (Phi) is 4.94. The van der Waals surface area contributed by atoms with Gasteiger partial charge in [0.2, 0.25) is 0 Å². The van der Waals surface area contributed by atoms with Crippen LogP contribution in [0.4, 0.5) is 5.82 Å². The van der Waals surface area contributed by atoms with Gasteiger partial charge in [-0.25, -0.2) is 4.98 Å². The van der Waals surface area contributed by atoms with E-state index in [1.165, 1.54) is 12.8 Å². The average molecular weight is 293 g/mol. The molecule has 1 saturated carbocycles. The Balaban J connectivity index is 2.48. The number of hydrogen-bond donors (Lipinski definition) is 2. The minimum atomic E-state index is 0.113. The molecule has 0 atom stereocenters. The van der Waals surface area contributed by atoms with E-state index in [9.17, 15) is 5.11 Å². The molecule has 1 heterocycles. The molecule has 0 aromatic carbocycles. The van der Waals surface area contributed by atoms with Gasteiger partial charge in [-0.3, -0.25) is 0 Å². The van der Waals surface area contributed by atoms with Crippen molar-refractivity contribution in [1.29, 1.82) is 0 Å². The number of rotatable bonds is 5. The molecule has 0 saturated heterocycles. The van der Waals surface area contributed by atoms with Crippen LogP contribution in [0.3, 0.4) is 0 Å². The number of thiocarbonyl (C=S) groups is 1. The second-order valence-corrected chi connectivity index (χ2v) is 5.94. The highest BCUT2D eigenvalue weighted by Crippen LogP contribution is 2.30. The van der Waals surface area contributed by atoms with Crippen molar-refractivity contribution in [2.24, 2.45) is 5.73 Å². The van der Waals surface area contributed by atoms with E-state index in [1.54, 1.807) is 0 Å². The Hall–Kier alpha value is -1.20. The third-order valence-electron chi connectivity index (χ3n) is 3.95. The zero-order valence-electron chi connectivity index (χ0n) is 12.2. The summed E-state index contributed by atoms with van der Waals surface area (Å²) in [5, 5.41) is 9.39. The molecule has 0 bridgehead atoms. The van der Waals surface area contributed by atoms with Gasteiger partial charge >= 0.3 is 0 Å². The average Bonchev–Trinajstić information content (AvgIpc) is 2.87. The molecule has 1 aromatic rings. The lowest BCUT2D eigenvalue weighted by atomic mass is 10.1. The van der Waals surface area contributed by atoms with Gasteiger partial charge < -0.3 is 15.7 Å². The summed E-state index contributed by atoms with van der Waals surface area (Å²) in [4.78, 5) is 7.24. The van der Waals surface area contributed by atoms with Crippen molar-refractivity contribution in [3.63, 3.8) is 0 Å². The molecule has 0 aliphatic heterocycles. The fourth-order valence-electron chi connectivity index (χ4n) is 3.11. The Bertz CT molecular complexity index is 498. The SMILES string of the molecule is Cc1cc(C)c(C(N)=S)c(N(CCO)C2CCCC2)n1. The molecule has 0 spiro atoms. The number of nitrogens with zero attached hydrogens (tertiary/aromatic N) is 2. The maximum atomic E-state index is 9.39. The first-order chi connectivity index (χ1) is 9.54. The third kappa shape index (κ3) is 3.10. The molecule has 20 heavy (non-hydrogen) atoms. The largest absolute Gasteiger partial charge is 0.395 e. The van der Waals surface area contributed by atoms with Crippen molar-refractivity contribution in [3.05, 3.63) is 22.9 Å². The Labute approximate surface area is 126 Å². The molecule has 110 valence electrons. The number of anilines is 1. The van der Waals surface area contributed by atoms with Crippen molar-refractivity contribution < 1.29 is 5.11 Å². The Morgan fingerprint density at radius 3 is 2.65 bits per heavy atom. The first-order valence-corrected chi connectivity index (χ1v) is 7.61. The number of aliphatic hydroxyl groups is 1. The van der Waals surface area contributed by atoms with Crippen molar-refractivity contribution in [3.8, 4) is 0 Å². The summed E-state index contributed by atoms with van der Waals surface area (Å²) in [5.74, 6) is 0.843. The molecule has 1 aromatic heterocycles. The number of nitrogens with two attached hydrogens (primary N) is 1. The van der Waals surface area contributed by atoms with Gasteiger partial charge in [0.1, 0.15) is 10.8 Å². The predicted molar refractivity (Wildman–Crippen MR) is 86.3 cm³/mol. The van der Waals surface area contributed by atoms with Crippen LogP contribution in [-0.4, -0.2) is 34.3 Å². The van der Waals surface area contributed by atoms with Crippen LogP contribution in [0.15, 0.2) is 6.07 Å². The van der Waals surface area contributed by atoms with Crippen molar-refractivity contribution in [1.82, 2.24) is 4.98 Å². The summed E-state index contributed by atoms with van der Waals surface area (Å²) in [6.07, 6.45) is 4.76. The predicted octanol–water partition coefficient (Wildman–Crippen LogP) is 2.07. The van der Waals surface area contributed by atoms with E-state index < -0.39 is 0 Å². The van der Waals surface area contributed by atoms with E-state index >= 15 is 0 Å². The molecule has 0 radical (unpaired) electrons. The van der Waals surface area contributed by atoms with E-state index in [1.807, 2.05) is 19.9 Å². The van der Waals surface area contributed by atoms with Gasteiger partial charge in [0, 0.05) is 18.3 Å². The van der Waals surface area contributed by atoms with E-state index in [4.69, 9.17) is 18.0 Å². The zero-order valence-corrected chi connectivity index (χ0v) is 13.0. The number of aryl methyl sites for hydroxylation is 2. The Morgan fingerprint density at radius 2 is 2.10 bits per heavy atom. The fraction of sp³-hybridized carbons (Fsp3) is 0.600. The van der Waals surface area contributed by atoms with Gasteiger partial charge in [0.25, 0.3) is 0 Å². The number of pyridine rings is 1. The fourth-order valence-corrected chi connectivity index (χ4v) is 3.37. The van der Waals surface area contributed by atoms with Crippen molar-refractivity contribution in [2.45, 2.75) is 45.6 Å². The number of aromatic nitrogens is 1. The third-order valence-corrected chi connectivity index (χ3v) is 4.15. The second kappa shape index (κ2) is 6.50. The van der Waals surface area contributed by atoms with Gasteiger partial charge in [0.05, 0.1) is 12.2 Å². The lowest BCUT2D eigenvalue weighted by molar-refractivity contribution is 0.296. The quantitative estimate of drug-likeness (QED) is 0.814. The van der Waals surface area contributed by atoms with Gasteiger partial charge in [-0.05, 0) is 38.3 Å². The molecule has 1 fully saturated rings. The summed E-state index contributed by atoms with van der Waals surface area (Å²) < 4.78 is 0. The van der Waals surface area contributed by atoms with Crippen LogP contribution in [-0.2, 0) is 0 Å². The van der Waals surface area contributed by atoms with Crippen LogP contribution < -0.4 is 10.6 Å². The normalized spacial score (nSPS) is 15.6. The highest BCUT2D eigenvalue weighted by molar-refractivity contribution is 7.80. The van der Waals surface area contributed by atoms with Crippen LogP contribution in [0.1, 0.15) is 42.5 Å². The minimum Gasteiger partial charge on any atom is -0.395 e. The van der Waals surface area contributed by atoms with Crippen molar-refractivity contribution >= 4 is 23.0 Å². The van der Waals surface area contributed by atoms with Gasteiger partial charge in [-0.15, -0.1) is 0 Å². The smallest absolute Gasteiger partial charge is 0.139 e. The summed E-state index contributed by atoms with van der Waals surface area (Å²) in [5.41, 5.74) is 8.77. The summed E-state index contributed by atoms with van der Waals surface area (Å²) in [6.45, 7) is 4.68. The van der Waals surface area contributed by atoms with Crippen molar-refractivity contribution in [2.75, 3.05) is 18.1 Å². The minimum absolute atomic E-state index is 0.113. The molecule has 0 unspecified atom stereocenters. The van der Waals surface area contributed by atoms with Gasteiger partial charge in [-0.2, -0.15) is 0 Å². The van der Waals surface area contributed by atoms with Crippen LogP contribution in [0.5, 0.6) is 0 Å². The lowest BCUT2D eigenvalue weighted by Gasteiger charge is -2.31. The molecule has 1 aliphatic carbocycles. The molecular formula is C15H23N3OS. The topological polar surface area (TPSA) is 62.4 Å². The molecule has 0 amide bonds. The summed E-state index contributed by atoms with van der Waals surface area (Å²) in [6, 6.07) is 2.44. The Morgan fingerprint density at radius 1 is 1.45 bits per heavy atom. The van der Waals surface area contributed by atoms with Gasteiger partial charge in [0.15, 0.2) is 0 Å². The van der Waals surface area contributed by atoms with E-state index in [2.05, 4.69) is 9.88 Å².